The lowest BCUT2D eigenvalue weighted by molar-refractivity contribution is -0.116. The molecule has 5 nitrogen and oxygen atoms in total. The molecule has 0 spiro atoms. The number of carbonyl (C=O) groups excluding carboxylic acids is 1. The number of anilines is 2. The van der Waals surface area contributed by atoms with Crippen LogP contribution < -0.4 is 11.1 Å². The van der Waals surface area contributed by atoms with Crippen LogP contribution in [-0.4, -0.2) is 15.7 Å². The topological polar surface area (TPSA) is 72.9 Å². The van der Waals surface area contributed by atoms with Crippen molar-refractivity contribution >= 4 is 44.8 Å². The van der Waals surface area contributed by atoms with Crippen molar-refractivity contribution in [1.29, 1.82) is 0 Å². The number of nitrogen functional groups attached to an aromatic ring is 1. The summed E-state index contributed by atoms with van der Waals surface area (Å²) in [5.41, 5.74) is 8.49. The number of hydrogen-bond acceptors (Lipinski definition) is 3. The van der Waals surface area contributed by atoms with E-state index < -0.39 is 0 Å². The number of nitrogens with zero attached hydrogens (tertiary/aromatic N) is 2. The van der Waals surface area contributed by atoms with Crippen LogP contribution >= 0.6 is 27.5 Å². The molecule has 0 aliphatic rings. The molecule has 1 amide bonds. The highest BCUT2D eigenvalue weighted by Gasteiger charge is 2.12. The molecule has 0 saturated carbocycles. The van der Waals surface area contributed by atoms with Gasteiger partial charge in [-0.2, -0.15) is 5.10 Å². The minimum Gasteiger partial charge on any atom is -0.396 e. The van der Waals surface area contributed by atoms with Crippen molar-refractivity contribution in [3.8, 4) is 0 Å². The Labute approximate surface area is 130 Å². The quantitative estimate of drug-likeness (QED) is 0.886. The van der Waals surface area contributed by atoms with Crippen molar-refractivity contribution in [2.75, 3.05) is 11.1 Å². The van der Waals surface area contributed by atoms with Crippen LogP contribution in [0.5, 0.6) is 0 Å². The number of benzene rings is 1. The minimum atomic E-state index is -0.212. The van der Waals surface area contributed by atoms with Crippen LogP contribution in [-0.2, 0) is 11.3 Å². The standard InChI is InChI=1S/C13H14BrClN4O/c1-7-13(16)8(2)19(18-7)6-12(20)17-11-5-9(14)3-4-10(11)15/h3-5H,6,16H2,1-2H3,(H,17,20). The van der Waals surface area contributed by atoms with Crippen molar-refractivity contribution in [3.05, 3.63) is 39.1 Å². The molecule has 20 heavy (non-hydrogen) atoms. The molecule has 2 rings (SSSR count). The first-order valence-corrected chi connectivity index (χ1v) is 7.10. The molecule has 0 fully saturated rings. The second-order valence-electron chi connectivity index (χ2n) is 4.41. The molecular formula is C13H14BrClN4O. The summed E-state index contributed by atoms with van der Waals surface area (Å²) < 4.78 is 2.42. The molecule has 0 aliphatic carbocycles. The van der Waals surface area contributed by atoms with Crippen molar-refractivity contribution in [2.45, 2.75) is 20.4 Å². The van der Waals surface area contributed by atoms with Gasteiger partial charge < -0.3 is 11.1 Å². The molecule has 1 aromatic carbocycles. The Hall–Kier alpha value is -1.53. The largest absolute Gasteiger partial charge is 0.396 e. The lowest BCUT2D eigenvalue weighted by atomic mass is 10.3. The zero-order chi connectivity index (χ0) is 14.9. The van der Waals surface area contributed by atoms with Gasteiger partial charge in [-0.3, -0.25) is 9.48 Å². The van der Waals surface area contributed by atoms with Gasteiger partial charge >= 0.3 is 0 Å². The maximum Gasteiger partial charge on any atom is 0.246 e. The van der Waals surface area contributed by atoms with Crippen molar-refractivity contribution < 1.29 is 4.79 Å². The van der Waals surface area contributed by atoms with Gasteiger partial charge in [-0.05, 0) is 32.0 Å². The Bertz CT molecular complexity index is 669. The molecule has 0 saturated heterocycles. The lowest BCUT2D eigenvalue weighted by Crippen LogP contribution is -2.20. The predicted molar refractivity (Wildman–Crippen MR) is 83.9 cm³/mol. The van der Waals surface area contributed by atoms with Gasteiger partial charge in [-0.1, -0.05) is 27.5 Å². The van der Waals surface area contributed by atoms with Crippen molar-refractivity contribution in [3.63, 3.8) is 0 Å². The third-order valence-corrected chi connectivity index (χ3v) is 3.76. The number of amides is 1. The molecule has 106 valence electrons. The highest BCUT2D eigenvalue weighted by Crippen LogP contribution is 2.25. The van der Waals surface area contributed by atoms with E-state index in [4.69, 9.17) is 17.3 Å². The molecule has 0 aliphatic heterocycles. The van der Waals surface area contributed by atoms with Crippen molar-refractivity contribution in [2.24, 2.45) is 0 Å². The Morgan fingerprint density at radius 1 is 1.50 bits per heavy atom. The van der Waals surface area contributed by atoms with E-state index in [1.54, 1.807) is 22.9 Å². The highest BCUT2D eigenvalue weighted by molar-refractivity contribution is 9.10. The number of halogens is 2. The van der Waals surface area contributed by atoms with Gasteiger partial charge in [0.2, 0.25) is 5.91 Å². The van der Waals surface area contributed by atoms with E-state index in [0.717, 1.165) is 15.9 Å². The molecule has 2 aromatic rings. The van der Waals surface area contributed by atoms with Crippen molar-refractivity contribution in [1.82, 2.24) is 9.78 Å². The van der Waals surface area contributed by atoms with Crippen LogP contribution in [0.25, 0.3) is 0 Å². The third-order valence-electron chi connectivity index (χ3n) is 2.93. The monoisotopic (exact) mass is 356 g/mol. The summed E-state index contributed by atoms with van der Waals surface area (Å²) in [5.74, 6) is -0.212. The molecule has 1 aromatic heterocycles. The summed E-state index contributed by atoms with van der Waals surface area (Å²) in [6.45, 7) is 3.73. The summed E-state index contributed by atoms with van der Waals surface area (Å²) in [6, 6.07) is 5.26. The fourth-order valence-electron chi connectivity index (χ4n) is 1.78. The lowest BCUT2D eigenvalue weighted by Gasteiger charge is -2.09. The van der Waals surface area contributed by atoms with Gasteiger partial charge in [0.1, 0.15) is 6.54 Å². The smallest absolute Gasteiger partial charge is 0.246 e. The van der Waals surface area contributed by atoms with Crippen LogP contribution in [0.2, 0.25) is 5.02 Å². The van der Waals surface area contributed by atoms with Crippen LogP contribution in [0.3, 0.4) is 0 Å². The number of aromatic nitrogens is 2. The molecule has 3 N–H and O–H groups in total. The van der Waals surface area contributed by atoms with E-state index in [-0.39, 0.29) is 12.5 Å². The average molecular weight is 358 g/mol. The molecule has 0 unspecified atom stereocenters. The Morgan fingerprint density at radius 2 is 2.20 bits per heavy atom. The molecule has 0 radical (unpaired) electrons. The van der Waals surface area contributed by atoms with Gasteiger partial charge in [0.25, 0.3) is 0 Å². The summed E-state index contributed by atoms with van der Waals surface area (Å²) in [4.78, 5) is 12.0. The zero-order valence-electron chi connectivity index (χ0n) is 11.1. The first-order chi connectivity index (χ1) is 9.38. The number of nitrogens with two attached hydrogens (primary N) is 1. The maximum atomic E-state index is 12.0. The Balaban J connectivity index is 2.13. The molecule has 0 bridgehead atoms. The van der Waals surface area contributed by atoms with Gasteiger partial charge in [0.05, 0.1) is 27.8 Å². The minimum absolute atomic E-state index is 0.0900. The van der Waals surface area contributed by atoms with Crippen LogP contribution in [0.15, 0.2) is 22.7 Å². The van der Waals surface area contributed by atoms with Gasteiger partial charge in [-0.25, -0.2) is 0 Å². The van der Waals surface area contributed by atoms with E-state index in [1.807, 2.05) is 13.8 Å². The van der Waals surface area contributed by atoms with E-state index in [0.29, 0.717) is 16.4 Å². The van der Waals surface area contributed by atoms with Crippen LogP contribution in [0.1, 0.15) is 11.4 Å². The summed E-state index contributed by atoms with van der Waals surface area (Å²) in [6.07, 6.45) is 0. The number of carbonyl (C=O) groups is 1. The first-order valence-electron chi connectivity index (χ1n) is 5.93. The SMILES string of the molecule is Cc1nn(CC(=O)Nc2cc(Br)ccc2Cl)c(C)c1N. The normalized spacial score (nSPS) is 10.6. The number of hydrogen-bond donors (Lipinski definition) is 2. The van der Waals surface area contributed by atoms with E-state index in [1.165, 1.54) is 0 Å². The summed E-state index contributed by atoms with van der Waals surface area (Å²) in [5, 5.41) is 7.45. The zero-order valence-corrected chi connectivity index (χ0v) is 13.4. The van der Waals surface area contributed by atoms with Gasteiger partial charge in [-0.15, -0.1) is 0 Å². The van der Waals surface area contributed by atoms with Crippen LogP contribution in [0.4, 0.5) is 11.4 Å². The fraction of sp³-hybridized carbons (Fsp3) is 0.231. The number of nitrogens with one attached hydrogen (secondary N) is 1. The average Bonchev–Trinajstić information content (AvgIpc) is 2.61. The maximum absolute atomic E-state index is 12.0. The summed E-state index contributed by atoms with van der Waals surface area (Å²) in [7, 11) is 0. The molecular weight excluding hydrogens is 344 g/mol. The second kappa shape index (κ2) is 5.85. The fourth-order valence-corrected chi connectivity index (χ4v) is 2.31. The Kier molecular flexibility index (Phi) is 4.35. The third kappa shape index (κ3) is 3.13. The summed E-state index contributed by atoms with van der Waals surface area (Å²) >= 11 is 9.36. The highest BCUT2D eigenvalue weighted by atomic mass is 79.9. The molecule has 0 atom stereocenters. The molecule has 7 heteroatoms. The van der Waals surface area contributed by atoms with Gasteiger partial charge in [0, 0.05) is 4.47 Å². The number of aryl methyl sites for hydroxylation is 1. The van der Waals surface area contributed by atoms with E-state index in [9.17, 15) is 4.79 Å². The van der Waals surface area contributed by atoms with Crippen LogP contribution in [0, 0.1) is 13.8 Å². The second-order valence-corrected chi connectivity index (χ2v) is 5.74. The predicted octanol–water partition coefficient (Wildman–Crippen LogP) is 3.14. The Morgan fingerprint density at radius 3 is 2.80 bits per heavy atom. The van der Waals surface area contributed by atoms with Gasteiger partial charge in [0.15, 0.2) is 0 Å². The first kappa shape index (κ1) is 14.9. The van der Waals surface area contributed by atoms with E-state index in [2.05, 4.69) is 26.3 Å². The van der Waals surface area contributed by atoms with E-state index >= 15 is 0 Å². The number of rotatable bonds is 3. The molecule has 1 heterocycles.